The molecule has 0 radical (unpaired) electrons. The van der Waals surface area contributed by atoms with Crippen LogP contribution in [0.15, 0.2) is 30.3 Å². The molecule has 2 N–H and O–H groups in total. The van der Waals surface area contributed by atoms with Gasteiger partial charge in [-0.2, -0.15) is 5.26 Å². The Balaban J connectivity index is 2.36. The summed E-state index contributed by atoms with van der Waals surface area (Å²) in [5, 5.41) is 9.23. The maximum Gasteiger partial charge on any atom is 0.153 e. The van der Waals surface area contributed by atoms with Crippen molar-refractivity contribution in [3.8, 4) is 6.07 Å². The van der Waals surface area contributed by atoms with Crippen molar-refractivity contribution in [2.75, 3.05) is 26.4 Å². The highest BCUT2D eigenvalue weighted by Crippen LogP contribution is 2.17. The molecule has 104 valence electrons. The van der Waals surface area contributed by atoms with Gasteiger partial charge in [-0.05, 0) is 11.5 Å². The maximum atomic E-state index is 9.23. The van der Waals surface area contributed by atoms with E-state index in [0.29, 0.717) is 25.7 Å². The summed E-state index contributed by atoms with van der Waals surface area (Å²) >= 11 is 0. The van der Waals surface area contributed by atoms with Crippen LogP contribution in [-0.2, 0) is 15.0 Å². The molecule has 19 heavy (non-hydrogen) atoms. The molecule has 4 nitrogen and oxygen atoms in total. The normalized spacial score (nSPS) is 14.1. The first kappa shape index (κ1) is 15.6. The summed E-state index contributed by atoms with van der Waals surface area (Å²) in [7, 11) is 0. The maximum absolute atomic E-state index is 9.23. The molecule has 0 aliphatic heterocycles. The Morgan fingerprint density at radius 2 is 1.84 bits per heavy atom. The first-order chi connectivity index (χ1) is 9.08. The molecule has 0 spiro atoms. The topological polar surface area (TPSA) is 68.3 Å². The van der Waals surface area contributed by atoms with E-state index in [-0.39, 0.29) is 6.61 Å². The average Bonchev–Trinajstić information content (AvgIpc) is 2.43. The van der Waals surface area contributed by atoms with E-state index < -0.39 is 5.54 Å². The van der Waals surface area contributed by atoms with Gasteiger partial charge in [0.1, 0.15) is 0 Å². The Kier molecular flexibility index (Phi) is 6.51. The zero-order chi connectivity index (χ0) is 14.1. The smallest absolute Gasteiger partial charge is 0.153 e. The largest absolute Gasteiger partial charge is 0.379 e. The van der Waals surface area contributed by atoms with Crippen LogP contribution in [-0.4, -0.2) is 26.4 Å². The second-order valence-electron chi connectivity index (χ2n) is 4.97. The number of hydrogen-bond donors (Lipinski definition) is 1. The summed E-state index contributed by atoms with van der Waals surface area (Å²) < 4.78 is 10.9. The minimum absolute atomic E-state index is 0.165. The Labute approximate surface area is 115 Å². The predicted octanol–water partition coefficient (Wildman–Crippen LogP) is 2.05. The zero-order valence-corrected chi connectivity index (χ0v) is 11.6. The van der Waals surface area contributed by atoms with Crippen molar-refractivity contribution in [3.05, 3.63) is 35.9 Å². The highest BCUT2D eigenvalue weighted by Gasteiger charge is 2.27. The summed E-state index contributed by atoms with van der Waals surface area (Å²) in [5.74, 6) is 0.511. The summed E-state index contributed by atoms with van der Waals surface area (Å²) in [4.78, 5) is 0. The quantitative estimate of drug-likeness (QED) is 0.728. The Bertz CT molecular complexity index is 400. The van der Waals surface area contributed by atoms with Gasteiger partial charge in [-0.1, -0.05) is 44.2 Å². The van der Waals surface area contributed by atoms with E-state index in [1.165, 1.54) is 0 Å². The van der Waals surface area contributed by atoms with Crippen LogP contribution in [0, 0.1) is 17.2 Å². The molecule has 0 heterocycles. The van der Waals surface area contributed by atoms with Gasteiger partial charge in [0.05, 0.1) is 25.9 Å². The number of benzene rings is 1. The van der Waals surface area contributed by atoms with Gasteiger partial charge in [-0.15, -0.1) is 0 Å². The molecule has 1 aromatic carbocycles. The predicted molar refractivity (Wildman–Crippen MR) is 74.4 cm³/mol. The Morgan fingerprint density at radius 1 is 1.21 bits per heavy atom. The molecule has 0 bridgehead atoms. The van der Waals surface area contributed by atoms with Gasteiger partial charge in [0, 0.05) is 6.61 Å². The first-order valence-electron chi connectivity index (χ1n) is 6.49. The van der Waals surface area contributed by atoms with Crippen LogP contribution in [0.4, 0.5) is 0 Å². The van der Waals surface area contributed by atoms with Crippen molar-refractivity contribution < 1.29 is 9.47 Å². The SMILES string of the molecule is CC(C)COCCOCC(N)(C#N)c1ccccc1. The van der Waals surface area contributed by atoms with Gasteiger partial charge in [0.25, 0.3) is 0 Å². The minimum atomic E-state index is -1.10. The molecule has 0 aliphatic rings. The van der Waals surface area contributed by atoms with Crippen LogP contribution >= 0.6 is 0 Å². The van der Waals surface area contributed by atoms with Gasteiger partial charge in [0.15, 0.2) is 5.54 Å². The van der Waals surface area contributed by atoms with Gasteiger partial charge in [0.2, 0.25) is 0 Å². The number of nitriles is 1. The van der Waals surface area contributed by atoms with Crippen molar-refractivity contribution in [1.29, 1.82) is 5.26 Å². The summed E-state index contributed by atoms with van der Waals surface area (Å²) in [5.41, 5.74) is 5.72. The molecule has 4 heteroatoms. The molecular weight excluding hydrogens is 240 g/mol. The van der Waals surface area contributed by atoms with E-state index in [4.69, 9.17) is 15.2 Å². The van der Waals surface area contributed by atoms with Crippen LogP contribution in [0.5, 0.6) is 0 Å². The number of nitrogens with zero attached hydrogens (tertiary/aromatic N) is 1. The number of ether oxygens (including phenoxy) is 2. The van der Waals surface area contributed by atoms with Gasteiger partial charge in [-0.25, -0.2) is 0 Å². The van der Waals surface area contributed by atoms with Crippen LogP contribution in [0.1, 0.15) is 19.4 Å². The third kappa shape index (κ3) is 5.39. The van der Waals surface area contributed by atoms with Crippen LogP contribution < -0.4 is 5.73 Å². The second-order valence-corrected chi connectivity index (χ2v) is 4.97. The number of rotatable bonds is 8. The molecular formula is C15H22N2O2. The van der Waals surface area contributed by atoms with Crippen molar-refractivity contribution >= 4 is 0 Å². The van der Waals surface area contributed by atoms with Crippen LogP contribution in [0.3, 0.4) is 0 Å². The lowest BCUT2D eigenvalue weighted by atomic mass is 9.94. The number of hydrogen-bond acceptors (Lipinski definition) is 4. The lowest BCUT2D eigenvalue weighted by Gasteiger charge is -2.21. The van der Waals surface area contributed by atoms with Crippen molar-refractivity contribution in [2.45, 2.75) is 19.4 Å². The Hall–Kier alpha value is -1.41. The highest BCUT2D eigenvalue weighted by molar-refractivity contribution is 5.30. The van der Waals surface area contributed by atoms with E-state index in [2.05, 4.69) is 19.9 Å². The monoisotopic (exact) mass is 262 g/mol. The summed E-state index contributed by atoms with van der Waals surface area (Å²) in [6.07, 6.45) is 0. The molecule has 0 aromatic heterocycles. The molecule has 1 aromatic rings. The summed E-state index contributed by atoms with van der Waals surface area (Å²) in [6.45, 7) is 6.04. The molecule has 0 amide bonds. The van der Waals surface area contributed by atoms with E-state index in [1.807, 2.05) is 30.3 Å². The minimum Gasteiger partial charge on any atom is -0.379 e. The Morgan fingerprint density at radius 3 is 2.42 bits per heavy atom. The van der Waals surface area contributed by atoms with Gasteiger partial charge >= 0.3 is 0 Å². The van der Waals surface area contributed by atoms with Crippen LogP contribution in [0.25, 0.3) is 0 Å². The third-order valence-corrected chi connectivity index (χ3v) is 2.64. The lowest BCUT2D eigenvalue weighted by molar-refractivity contribution is 0.0264. The van der Waals surface area contributed by atoms with Gasteiger partial charge in [-0.3, -0.25) is 0 Å². The highest BCUT2D eigenvalue weighted by atomic mass is 16.5. The number of nitrogens with two attached hydrogens (primary N) is 1. The molecule has 1 atom stereocenters. The first-order valence-corrected chi connectivity index (χ1v) is 6.49. The van der Waals surface area contributed by atoms with E-state index in [0.717, 1.165) is 5.56 Å². The standard InChI is InChI=1S/C15H22N2O2/c1-13(2)10-18-8-9-19-12-15(17,11-16)14-6-4-3-5-7-14/h3-7,13H,8-10,12,17H2,1-2H3. The van der Waals surface area contributed by atoms with Gasteiger partial charge < -0.3 is 15.2 Å². The molecule has 0 fully saturated rings. The fourth-order valence-electron chi connectivity index (χ4n) is 1.59. The van der Waals surface area contributed by atoms with E-state index >= 15 is 0 Å². The molecule has 1 unspecified atom stereocenters. The third-order valence-electron chi connectivity index (χ3n) is 2.64. The second kappa shape index (κ2) is 7.90. The van der Waals surface area contributed by atoms with Crippen molar-refractivity contribution in [1.82, 2.24) is 0 Å². The fraction of sp³-hybridized carbons (Fsp3) is 0.533. The van der Waals surface area contributed by atoms with Crippen molar-refractivity contribution in [3.63, 3.8) is 0 Å². The molecule has 0 aliphatic carbocycles. The molecule has 1 rings (SSSR count). The fourth-order valence-corrected chi connectivity index (χ4v) is 1.59. The molecule has 0 saturated heterocycles. The van der Waals surface area contributed by atoms with E-state index in [9.17, 15) is 5.26 Å². The van der Waals surface area contributed by atoms with Crippen molar-refractivity contribution in [2.24, 2.45) is 11.7 Å². The van der Waals surface area contributed by atoms with Crippen LogP contribution in [0.2, 0.25) is 0 Å². The lowest BCUT2D eigenvalue weighted by Crippen LogP contribution is -2.40. The average molecular weight is 262 g/mol. The summed E-state index contributed by atoms with van der Waals surface area (Å²) in [6, 6.07) is 11.4. The van der Waals surface area contributed by atoms with E-state index in [1.54, 1.807) is 0 Å². The zero-order valence-electron chi connectivity index (χ0n) is 11.6. The molecule has 0 saturated carbocycles.